The molecule has 5 nitrogen and oxygen atoms in total. The number of rotatable bonds is 4. The molecule has 5 heteroatoms. The van der Waals surface area contributed by atoms with Gasteiger partial charge in [0, 0.05) is 24.0 Å². The van der Waals surface area contributed by atoms with E-state index in [4.69, 9.17) is 0 Å². The van der Waals surface area contributed by atoms with Crippen LogP contribution in [-0.4, -0.2) is 44.1 Å². The Morgan fingerprint density at radius 2 is 2.00 bits per heavy atom. The molecule has 2 aromatic heterocycles. The highest BCUT2D eigenvalue weighted by molar-refractivity contribution is 5.35. The first kappa shape index (κ1) is 15.9. The zero-order chi connectivity index (χ0) is 15.8. The summed E-state index contributed by atoms with van der Waals surface area (Å²) in [6.45, 7) is 11.4. The van der Waals surface area contributed by atoms with Crippen LogP contribution in [0.4, 0.5) is 0 Å². The van der Waals surface area contributed by atoms with Gasteiger partial charge in [-0.25, -0.2) is 9.97 Å². The average molecular weight is 290 g/mol. The maximum absolute atomic E-state index is 9.69. The van der Waals surface area contributed by atoms with Crippen molar-refractivity contribution in [1.29, 1.82) is 0 Å². The molecule has 21 heavy (non-hydrogen) atoms. The van der Waals surface area contributed by atoms with Crippen LogP contribution < -0.4 is 0 Å². The van der Waals surface area contributed by atoms with Gasteiger partial charge < -0.3 is 5.11 Å². The standard InChI is InChI=1S/C16H26N4O/c1-11-7-12(2)20-13(8-17-15(20)18-11)9-19(6)14(10-21)16(3,4)5/h7-8,14,21H,9-10H2,1-6H3. The van der Waals surface area contributed by atoms with Crippen molar-refractivity contribution >= 4 is 5.78 Å². The van der Waals surface area contributed by atoms with E-state index < -0.39 is 0 Å². The predicted molar refractivity (Wildman–Crippen MR) is 84.3 cm³/mol. The Hall–Kier alpha value is -1.46. The number of hydrogen-bond acceptors (Lipinski definition) is 4. The van der Waals surface area contributed by atoms with Gasteiger partial charge in [0.25, 0.3) is 0 Å². The summed E-state index contributed by atoms with van der Waals surface area (Å²) < 4.78 is 2.08. The van der Waals surface area contributed by atoms with Gasteiger partial charge in [0.1, 0.15) is 0 Å². The van der Waals surface area contributed by atoms with E-state index in [1.54, 1.807) is 0 Å². The minimum atomic E-state index is 0.0217. The fourth-order valence-corrected chi connectivity index (χ4v) is 2.95. The van der Waals surface area contributed by atoms with Crippen LogP contribution in [0.2, 0.25) is 0 Å². The SMILES string of the molecule is Cc1cc(C)n2c(CN(C)C(CO)C(C)(C)C)cnc2n1. The molecule has 1 atom stereocenters. The molecule has 0 spiro atoms. The Morgan fingerprint density at radius 3 is 2.57 bits per heavy atom. The van der Waals surface area contributed by atoms with E-state index in [0.717, 1.165) is 29.4 Å². The van der Waals surface area contributed by atoms with Gasteiger partial charge in [0.2, 0.25) is 5.78 Å². The topological polar surface area (TPSA) is 53.7 Å². The zero-order valence-electron chi connectivity index (χ0n) is 13.9. The number of aliphatic hydroxyl groups is 1. The first-order chi connectivity index (χ1) is 9.74. The highest BCUT2D eigenvalue weighted by Gasteiger charge is 2.28. The predicted octanol–water partition coefficient (Wildman–Crippen LogP) is 2.18. The Kier molecular flexibility index (Phi) is 4.35. The molecule has 0 aromatic carbocycles. The number of hydrogen-bond donors (Lipinski definition) is 1. The minimum Gasteiger partial charge on any atom is -0.395 e. The molecule has 0 aliphatic heterocycles. The number of imidazole rings is 1. The quantitative estimate of drug-likeness (QED) is 0.938. The number of fused-ring (bicyclic) bond motifs is 1. The van der Waals surface area contributed by atoms with Gasteiger partial charge in [-0.15, -0.1) is 0 Å². The molecule has 0 amide bonds. The zero-order valence-corrected chi connectivity index (χ0v) is 13.9. The van der Waals surface area contributed by atoms with Crippen molar-refractivity contribution in [3.05, 3.63) is 29.3 Å². The molecule has 1 N–H and O–H groups in total. The molecule has 2 rings (SSSR count). The van der Waals surface area contributed by atoms with Crippen LogP contribution in [0.1, 0.15) is 37.9 Å². The first-order valence-corrected chi connectivity index (χ1v) is 7.35. The summed E-state index contributed by atoms with van der Waals surface area (Å²) in [6, 6.07) is 2.16. The normalized spacial score (nSPS) is 14.1. The van der Waals surface area contributed by atoms with Gasteiger partial charge in [0.05, 0.1) is 18.5 Å². The van der Waals surface area contributed by atoms with E-state index in [9.17, 15) is 5.11 Å². The maximum Gasteiger partial charge on any atom is 0.234 e. The molecule has 0 radical (unpaired) electrons. The van der Waals surface area contributed by atoms with Crippen LogP contribution in [0.25, 0.3) is 5.78 Å². The lowest BCUT2D eigenvalue weighted by atomic mass is 9.86. The Balaban J connectivity index is 2.32. The van der Waals surface area contributed by atoms with Crippen molar-refractivity contribution in [2.75, 3.05) is 13.7 Å². The lowest BCUT2D eigenvalue weighted by Crippen LogP contribution is -2.44. The van der Waals surface area contributed by atoms with Crippen LogP contribution in [-0.2, 0) is 6.54 Å². The molecule has 2 heterocycles. The molecule has 0 aliphatic carbocycles. The van der Waals surface area contributed by atoms with Crippen molar-refractivity contribution in [2.24, 2.45) is 5.41 Å². The van der Waals surface area contributed by atoms with Crippen molar-refractivity contribution in [3.8, 4) is 0 Å². The maximum atomic E-state index is 9.69. The molecule has 0 bridgehead atoms. The summed E-state index contributed by atoms with van der Waals surface area (Å²) in [5.74, 6) is 0.743. The largest absolute Gasteiger partial charge is 0.395 e. The molecular formula is C16H26N4O. The van der Waals surface area contributed by atoms with Crippen molar-refractivity contribution in [3.63, 3.8) is 0 Å². The third kappa shape index (κ3) is 3.24. The molecule has 0 saturated heterocycles. The number of aryl methyl sites for hydroxylation is 2. The van der Waals surface area contributed by atoms with Gasteiger partial charge in [-0.05, 0) is 32.4 Å². The molecule has 116 valence electrons. The van der Waals surface area contributed by atoms with Crippen LogP contribution >= 0.6 is 0 Å². The fraction of sp³-hybridized carbons (Fsp3) is 0.625. The number of likely N-dealkylation sites (N-methyl/N-ethyl adjacent to an activating group) is 1. The molecule has 0 fully saturated rings. The Labute approximate surface area is 126 Å². The van der Waals surface area contributed by atoms with Crippen LogP contribution in [0.5, 0.6) is 0 Å². The molecule has 2 aromatic rings. The molecule has 0 aliphatic rings. The molecule has 0 saturated carbocycles. The third-order valence-electron chi connectivity index (χ3n) is 3.98. The highest BCUT2D eigenvalue weighted by Crippen LogP contribution is 2.24. The summed E-state index contributed by atoms with van der Waals surface area (Å²) in [5, 5.41) is 9.69. The van der Waals surface area contributed by atoms with E-state index in [1.807, 2.05) is 20.2 Å². The average Bonchev–Trinajstić information content (AvgIpc) is 2.70. The van der Waals surface area contributed by atoms with Crippen LogP contribution in [0, 0.1) is 19.3 Å². The third-order valence-corrected chi connectivity index (χ3v) is 3.98. The van der Waals surface area contributed by atoms with Crippen molar-refractivity contribution in [1.82, 2.24) is 19.3 Å². The Bertz CT molecular complexity index is 627. The lowest BCUT2D eigenvalue weighted by molar-refractivity contribution is 0.0605. The van der Waals surface area contributed by atoms with Gasteiger partial charge in [0.15, 0.2) is 0 Å². The van der Waals surface area contributed by atoms with Crippen molar-refractivity contribution in [2.45, 2.75) is 47.2 Å². The van der Waals surface area contributed by atoms with Crippen LogP contribution in [0.3, 0.4) is 0 Å². The van der Waals surface area contributed by atoms with E-state index in [2.05, 4.69) is 53.0 Å². The van der Waals surface area contributed by atoms with Gasteiger partial charge in [-0.2, -0.15) is 0 Å². The van der Waals surface area contributed by atoms with Gasteiger partial charge >= 0.3 is 0 Å². The smallest absolute Gasteiger partial charge is 0.234 e. The summed E-state index contributed by atoms with van der Waals surface area (Å²) in [6.07, 6.45) is 1.88. The Morgan fingerprint density at radius 1 is 1.33 bits per heavy atom. The van der Waals surface area contributed by atoms with E-state index in [1.165, 1.54) is 0 Å². The van der Waals surface area contributed by atoms with E-state index in [-0.39, 0.29) is 18.1 Å². The summed E-state index contributed by atoms with van der Waals surface area (Å²) in [4.78, 5) is 11.0. The number of nitrogens with zero attached hydrogens (tertiary/aromatic N) is 4. The van der Waals surface area contributed by atoms with Gasteiger partial charge in [-0.1, -0.05) is 20.8 Å². The minimum absolute atomic E-state index is 0.0217. The van der Waals surface area contributed by atoms with Gasteiger partial charge in [-0.3, -0.25) is 9.30 Å². The van der Waals surface area contributed by atoms with E-state index >= 15 is 0 Å². The van der Waals surface area contributed by atoms with Crippen molar-refractivity contribution < 1.29 is 5.11 Å². The number of aromatic nitrogens is 3. The van der Waals surface area contributed by atoms with E-state index in [0.29, 0.717) is 0 Å². The van der Waals surface area contributed by atoms with Crippen LogP contribution in [0.15, 0.2) is 12.3 Å². The summed E-state index contributed by atoms with van der Waals surface area (Å²) >= 11 is 0. The molecular weight excluding hydrogens is 264 g/mol. The summed E-state index contributed by atoms with van der Waals surface area (Å²) in [7, 11) is 2.04. The number of aliphatic hydroxyl groups excluding tert-OH is 1. The summed E-state index contributed by atoms with van der Waals surface area (Å²) in [5.41, 5.74) is 3.23. The first-order valence-electron chi connectivity index (χ1n) is 7.35. The second-order valence-electron chi connectivity index (χ2n) is 6.90. The molecule has 1 unspecified atom stereocenters. The second-order valence-corrected chi connectivity index (χ2v) is 6.90. The monoisotopic (exact) mass is 290 g/mol. The fourth-order valence-electron chi connectivity index (χ4n) is 2.95. The second kappa shape index (κ2) is 5.73. The lowest BCUT2D eigenvalue weighted by Gasteiger charge is -2.36. The highest BCUT2D eigenvalue weighted by atomic mass is 16.3.